The molecule has 0 N–H and O–H groups in total. The van der Waals surface area contributed by atoms with Crippen LogP contribution in [0, 0.1) is 0 Å². The zero-order valence-corrected chi connectivity index (χ0v) is 22.8. The van der Waals surface area contributed by atoms with Gasteiger partial charge in [0.15, 0.2) is 16.3 Å². The van der Waals surface area contributed by atoms with Gasteiger partial charge in [0.05, 0.1) is 16.3 Å². The maximum atomic E-state index is 13.9. The smallest absolute Gasteiger partial charge is 0.271 e. The number of hydrogen-bond acceptors (Lipinski definition) is 5. The fraction of sp³-hybridized carbons (Fsp3) is 0.143. The largest absolute Gasteiger partial charge is 0.454 e. The van der Waals surface area contributed by atoms with Crippen molar-refractivity contribution in [1.29, 1.82) is 0 Å². The summed E-state index contributed by atoms with van der Waals surface area (Å²) in [7, 11) is 0. The zero-order chi connectivity index (χ0) is 24.4. The highest BCUT2D eigenvalue weighted by Gasteiger charge is 2.32. The lowest BCUT2D eigenvalue weighted by atomic mass is 9.83. The molecule has 1 aliphatic carbocycles. The number of aromatic nitrogens is 1. The van der Waals surface area contributed by atoms with E-state index in [9.17, 15) is 4.79 Å². The van der Waals surface area contributed by atoms with Gasteiger partial charge in [-0.2, -0.15) is 0 Å². The molecule has 0 radical (unpaired) electrons. The molecule has 1 aromatic heterocycles. The minimum absolute atomic E-state index is 0.0401. The summed E-state index contributed by atoms with van der Waals surface area (Å²) in [6.45, 7) is 0.202. The van der Waals surface area contributed by atoms with Gasteiger partial charge >= 0.3 is 0 Å². The maximum absolute atomic E-state index is 13.9. The molecule has 0 saturated heterocycles. The molecule has 3 aliphatic rings. The first-order chi connectivity index (χ1) is 17.6. The van der Waals surface area contributed by atoms with Gasteiger partial charge < -0.3 is 9.47 Å². The van der Waals surface area contributed by atoms with Crippen molar-refractivity contribution in [1.82, 2.24) is 4.57 Å². The average Bonchev–Trinajstić information content (AvgIpc) is 3.47. The molecule has 0 fully saturated rings. The Bertz CT molecular complexity index is 1770. The number of ether oxygens (including phenoxy) is 2. The molecule has 4 aromatic rings. The summed E-state index contributed by atoms with van der Waals surface area (Å²) >= 11 is 8.59. The number of rotatable bonds is 2. The van der Waals surface area contributed by atoms with Crippen LogP contribution in [0.3, 0.4) is 0 Å². The topological polar surface area (TPSA) is 52.8 Å². The van der Waals surface area contributed by atoms with Gasteiger partial charge in [0.1, 0.15) is 0 Å². The Kier molecular flexibility index (Phi) is 5.30. The molecule has 3 aromatic carbocycles. The van der Waals surface area contributed by atoms with Crippen LogP contribution in [-0.2, 0) is 6.42 Å². The highest BCUT2D eigenvalue weighted by Crippen LogP contribution is 2.41. The number of aryl methyl sites for hydroxylation is 1. The van der Waals surface area contributed by atoms with Gasteiger partial charge in [-0.1, -0.05) is 79.6 Å². The predicted octanol–water partition coefficient (Wildman–Crippen LogP) is 5.57. The minimum Gasteiger partial charge on any atom is -0.454 e. The van der Waals surface area contributed by atoms with E-state index in [2.05, 4.69) is 68.3 Å². The third kappa shape index (κ3) is 3.54. The van der Waals surface area contributed by atoms with Crippen molar-refractivity contribution in [3.63, 3.8) is 0 Å². The van der Waals surface area contributed by atoms with Crippen molar-refractivity contribution in [2.75, 3.05) is 6.79 Å². The summed E-state index contributed by atoms with van der Waals surface area (Å²) in [5, 5.41) is 0. The Morgan fingerprint density at radius 1 is 1.00 bits per heavy atom. The highest BCUT2D eigenvalue weighted by atomic mass is 79.9. The van der Waals surface area contributed by atoms with Crippen LogP contribution in [0.5, 0.6) is 11.5 Å². The summed E-state index contributed by atoms with van der Waals surface area (Å²) < 4.78 is 15.4. The van der Waals surface area contributed by atoms with E-state index < -0.39 is 0 Å². The van der Waals surface area contributed by atoms with Crippen LogP contribution in [0.2, 0.25) is 0 Å². The third-order valence-corrected chi connectivity index (χ3v) is 9.04. The second-order valence-corrected chi connectivity index (χ2v) is 11.7. The third-order valence-electron chi connectivity index (χ3n) is 6.84. The molecule has 0 amide bonds. The molecule has 0 unspecified atom stereocenters. The van der Waals surface area contributed by atoms with Crippen molar-refractivity contribution in [2.45, 2.75) is 18.9 Å². The first-order valence-electron chi connectivity index (χ1n) is 11.5. The standard InChI is InChI=1S/C28H18Br2N2O3S/c29-18-8-5-16(6-9-18)26-20-10-7-15-3-1-2-4-19(15)25(20)31-28-32(26)27(33)24(36-28)12-17-11-22-23(13-21(17)30)35-14-34-22/h1-6,8-9,11-13,26H,7,10,14H2/b24-12+/t26-/m1/s1. The summed E-state index contributed by atoms with van der Waals surface area (Å²) in [6.07, 6.45) is 3.71. The van der Waals surface area contributed by atoms with E-state index in [1.54, 1.807) is 0 Å². The first-order valence-corrected chi connectivity index (χ1v) is 13.9. The predicted molar refractivity (Wildman–Crippen MR) is 147 cm³/mol. The van der Waals surface area contributed by atoms with Crippen molar-refractivity contribution in [3.8, 4) is 11.5 Å². The van der Waals surface area contributed by atoms with Gasteiger partial charge in [0, 0.05) is 14.5 Å². The number of fused-ring (bicyclic) bond motifs is 4. The SMILES string of the molecule is O=c1/c(=C\c2cc3c(cc2Br)OCO3)sc2n1[C@H](c1ccc(Br)cc1)C1=C(N=2)c2ccccc2CC1. The Balaban J connectivity index is 1.47. The van der Waals surface area contributed by atoms with Crippen LogP contribution in [0.25, 0.3) is 11.8 Å². The van der Waals surface area contributed by atoms with Gasteiger partial charge in [0.25, 0.3) is 5.56 Å². The summed E-state index contributed by atoms with van der Waals surface area (Å²) in [4.78, 5) is 19.7. The Hall–Kier alpha value is -2.94. The molecule has 8 heteroatoms. The van der Waals surface area contributed by atoms with Crippen molar-refractivity contribution >= 4 is 55.0 Å². The molecule has 0 spiro atoms. The van der Waals surface area contributed by atoms with Crippen LogP contribution < -0.4 is 24.4 Å². The molecule has 36 heavy (non-hydrogen) atoms. The van der Waals surface area contributed by atoms with Crippen LogP contribution in [0.4, 0.5) is 0 Å². The highest BCUT2D eigenvalue weighted by molar-refractivity contribution is 9.10. The molecule has 2 aliphatic heterocycles. The second-order valence-electron chi connectivity index (χ2n) is 8.89. The molecule has 7 rings (SSSR count). The normalized spacial score (nSPS) is 17.9. The maximum Gasteiger partial charge on any atom is 0.271 e. The van der Waals surface area contributed by atoms with Crippen molar-refractivity contribution in [2.24, 2.45) is 4.99 Å². The van der Waals surface area contributed by atoms with E-state index in [-0.39, 0.29) is 18.4 Å². The first kappa shape index (κ1) is 22.3. The fourth-order valence-electron chi connectivity index (χ4n) is 5.15. The van der Waals surface area contributed by atoms with Gasteiger partial charge in [0.2, 0.25) is 6.79 Å². The van der Waals surface area contributed by atoms with Crippen molar-refractivity contribution < 1.29 is 9.47 Å². The molecule has 3 heterocycles. The number of nitrogens with zero attached hydrogens (tertiary/aromatic N) is 2. The number of allylic oxidation sites excluding steroid dienone is 1. The summed E-state index contributed by atoms with van der Waals surface area (Å²) in [5.41, 5.74) is 6.56. The Labute approximate surface area is 227 Å². The summed E-state index contributed by atoms with van der Waals surface area (Å²) in [6, 6.07) is 20.3. The lowest BCUT2D eigenvalue weighted by Crippen LogP contribution is -2.38. The molecule has 0 saturated carbocycles. The zero-order valence-electron chi connectivity index (χ0n) is 18.8. The van der Waals surface area contributed by atoms with E-state index in [1.807, 2.05) is 34.9 Å². The van der Waals surface area contributed by atoms with E-state index >= 15 is 0 Å². The van der Waals surface area contributed by atoms with Gasteiger partial charge in [-0.15, -0.1) is 0 Å². The van der Waals surface area contributed by atoms with E-state index in [0.29, 0.717) is 20.8 Å². The van der Waals surface area contributed by atoms with E-state index in [0.717, 1.165) is 44.2 Å². The fourth-order valence-corrected chi connectivity index (χ4v) is 6.85. The Morgan fingerprint density at radius 2 is 1.78 bits per heavy atom. The molecule has 0 bridgehead atoms. The number of thiazole rings is 1. The second kappa shape index (κ2) is 8.57. The molecular weight excluding hydrogens is 604 g/mol. The number of halogens is 2. The van der Waals surface area contributed by atoms with E-state index in [4.69, 9.17) is 14.5 Å². The molecule has 178 valence electrons. The van der Waals surface area contributed by atoms with Crippen LogP contribution in [-0.4, -0.2) is 11.4 Å². The summed E-state index contributed by atoms with van der Waals surface area (Å²) in [5.74, 6) is 1.37. The molecular formula is C28H18Br2N2O3S. The molecule has 5 nitrogen and oxygen atoms in total. The van der Waals surface area contributed by atoms with Gasteiger partial charge in [-0.25, -0.2) is 4.99 Å². The van der Waals surface area contributed by atoms with Crippen LogP contribution in [0.1, 0.15) is 34.7 Å². The minimum atomic E-state index is -0.194. The van der Waals surface area contributed by atoms with Gasteiger partial charge in [-0.05, 0) is 65.4 Å². The average molecular weight is 622 g/mol. The quantitative estimate of drug-likeness (QED) is 0.294. The van der Waals surface area contributed by atoms with E-state index in [1.165, 1.54) is 22.5 Å². The van der Waals surface area contributed by atoms with Crippen LogP contribution >= 0.6 is 43.2 Å². The number of benzene rings is 3. The molecule has 1 atom stereocenters. The lowest BCUT2D eigenvalue weighted by molar-refractivity contribution is 0.174. The Morgan fingerprint density at radius 3 is 2.61 bits per heavy atom. The van der Waals surface area contributed by atoms with Crippen molar-refractivity contribution in [3.05, 3.63) is 117 Å². The number of hydrogen-bond donors (Lipinski definition) is 0. The van der Waals surface area contributed by atoms with Gasteiger partial charge in [-0.3, -0.25) is 9.36 Å². The lowest BCUT2D eigenvalue weighted by Gasteiger charge is -2.30. The monoisotopic (exact) mass is 620 g/mol. The van der Waals surface area contributed by atoms with Crippen LogP contribution in [0.15, 0.2) is 85.0 Å².